The Morgan fingerprint density at radius 2 is 2.06 bits per heavy atom. The third kappa shape index (κ3) is 3.16. The lowest BCUT2D eigenvalue weighted by molar-refractivity contribution is 0.112. The molecule has 1 aliphatic heterocycles. The fraction of sp³-hybridized carbons (Fsp3) is 0.462. The Morgan fingerprint density at radius 3 is 2.71 bits per heavy atom. The number of rotatable bonds is 4. The van der Waals surface area contributed by atoms with Crippen LogP contribution in [0.25, 0.3) is 0 Å². The molecular formula is C13H16O3S. The molecule has 2 rings (SSSR count). The molecule has 1 heterocycles. The van der Waals surface area contributed by atoms with E-state index in [1.54, 1.807) is 25.3 Å². The van der Waals surface area contributed by atoms with Gasteiger partial charge in [0.25, 0.3) is 0 Å². The van der Waals surface area contributed by atoms with Crippen molar-refractivity contribution in [3.8, 4) is 11.5 Å². The van der Waals surface area contributed by atoms with Gasteiger partial charge in [-0.3, -0.25) is 4.79 Å². The largest absolute Gasteiger partial charge is 0.493 e. The molecule has 17 heavy (non-hydrogen) atoms. The van der Waals surface area contributed by atoms with Gasteiger partial charge in [-0.1, -0.05) is 0 Å². The number of aldehydes is 1. The zero-order valence-electron chi connectivity index (χ0n) is 9.85. The Balaban J connectivity index is 2.13. The molecule has 3 nitrogen and oxygen atoms in total. The highest BCUT2D eigenvalue weighted by Gasteiger charge is 2.17. The highest BCUT2D eigenvalue weighted by molar-refractivity contribution is 7.99. The first-order valence-electron chi connectivity index (χ1n) is 5.71. The monoisotopic (exact) mass is 252 g/mol. The summed E-state index contributed by atoms with van der Waals surface area (Å²) >= 11 is 1.96. The van der Waals surface area contributed by atoms with Gasteiger partial charge >= 0.3 is 0 Å². The van der Waals surface area contributed by atoms with Crippen LogP contribution < -0.4 is 9.47 Å². The van der Waals surface area contributed by atoms with E-state index in [1.807, 2.05) is 11.8 Å². The van der Waals surface area contributed by atoms with Crippen LogP contribution in [0.5, 0.6) is 11.5 Å². The third-order valence-electron chi connectivity index (χ3n) is 2.79. The summed E-state index contributed by atoms with van der Waals surface area (Å²) in [6, 6.07) is 5.25. The zero-order chi connectivity index (χ0) is 12.1. The van der Waals surface area contributed by atoms with Crippen LogP contribution in [-0.4, -0.2) is 31.0 Å². The smallest absolute Gasteiger partial charge is 0.162 e. The Kier molecular flexibility index (Phi) is 4.31. The number of ether oxygens (including phenoxy) is 2. The molecule has 0 saturated carbocycles. The van der Waals surface area contributed by atoms with E-state index in [1.165, 1.54) is 0 Å². The second kappa shape index (κ2) is 5.96. The maximum absolute atomic E-state index is 10.8. The SMILES string of the molecule is COc1ccc(C=O)cc1OC1CCSCC1. The molecule has 4 heteroatoms. The molecule has 0 radical (unpaired) electrons. The molecule has 1 saturated heterocycles. The van der Waals surface area contributed by atoms with Crippen LogP contribution in [0.15, 0.2) is 18.2 Å². The summed E-state index contributed by atoms with van der Waals surface area (Å²) in [6.07, 6.45) is 3.17. The van der Waals surface area contributed by atoms with E-state index in [-0.39, 0.29) is 6.10 Å². The van der Waals surface area contributed by atoms with Gasteiger partial charge in [-0.2, -0.15) is 11.8 Å². The first-order chi connectivity index (χ1) is 8.33. The average Bonchev–Trinajstić information content (AvgIpc) is 2.40. The summed E-state index contributed by atoms with van der Waals surface area (Å²) in [4.78, 5) is 10.8. The lowest BCUT2D eigenvalue weighted by Crippen LogP contribution is -2.22. The molecule has 0 N–H and O–H groups in total. The fourth-order valence-electron chi connectivity index (χ4n) is 1.83. The average molecular weight is 252 g/mol. The molecule has 0 atom stereocenters. The Morgan fingerprint density at radius 1 is 1.29 bits per heavy atom. The van der Waals surface area contributed by atoms with Gasteiger partial charge in [0.15, 0.2) is 11.5 Å². The molecule has 0 aromatic heterocycles. The third-order valence-corrected chi connectivity index (χ3v) is 3.83. The van der Waals surface area contributed by atoms with Gasteiger partial charge in [-0.25, -0.2) is 0 Å². The second-order valence-electron chi connectivity index (χ2n) is 3.96. The Bertz CT molecular complexity index is 386. The van der Waals surface area contributed by atoms with Crippen molar-refractivity contribution in [1.29, 1.82) is 0 Å². The van der Waals surface area contributed by atoms with E-state index < -0.39 is 0 Å². The van der Waals surface area contributed by atoms with Gasteiger partial charge in [0.1, 0.15) is 12.4 Å². The normalized spacial score (nSPS) is 16.5. The van der Waals surface area contributed by atoms with Crippen molar-refractivity contribution < 1.29 is 14.3 Å². The number of methoxy groups -OCH3 is 1. The highest BCUT2D eigenvalue weighted by atomic mass is 32.2. The number of benzene rings is 1. The van der Waals surface area contributed by atoms with E-state index in [0.717, 1.165) is 30.6 Å². The molecule has 1 aliphatic rings. The van der Waals surface area contributed by atoms with Crippen LogP contribution in [-0.2, 0) is 0 Å². The molecule has 92 valence electrons. The van der Waals surface area contributed by atoms with Crippen LogP contribution >= 0.6 is 11.8 Å². The maximum atomic E-state index is 10.8. The molecule has 1 aromatic rings. The minimum Gasteiger partial charge on any atom is -0.493 e. The number of carbonyl (C=O) groups excluding carboxylic acids is 1. The minimum atomic E-state index is 0.243. The van der Waals surface area contributed by atoms with Crippen molar-refractivity contribution in [2.75, 3.05) is 18.6 Å². The van der Waals surface area contributed by atoms with Crippen molar-refractivity contribution in [2.45, 2.75) is 18.9 Å². The van der Waals surface area contributed by atoms with E-state index in [2.05, 4.69) is 0 Å². The topological polar surface area (TPSA) is 35.5 Å². The highest BCUT2D eigenvalue weighted by Crippen LogP contribution is 2.31. The lowest BCUT2D eigenvalue weighted by Gasteiger charge is -2.23. The number of hydrogen-bond acceptors (Lipinski definition) is 4. The van der Waals surface area contributed by atoms with Crippen molar-refractivity contribution >= 4 is 18.0 Å². The van der Waals surface area contributed by atoms with E-state index in [4.69, 9.17) is 9.47 Å². The summed E-state index contributed by atoms with van der Waals surface area (Å²) in [7, 11) is 1.61. The zero-order valence-corrected chi connectivity index (χ0v) is 10.7. The predicted molar refractivity (Wildman–Crippen MR) is 69.4 cm³/mol. The van der Waals surface area contributed by atoms with E-state index in [0.29, 0.717) is 17.1 Å². The maximum Gasteiger partial charge on any atom is 0.162 e. The standard InChI is InChI=1S/C13H16O3S/c1-15-12-3-2-10(9-14)8-13(12)16-11-4-6-17-7-5-11/h2-3,8-9,11H,4-7H2,1H3. The fourth-order valence-corrected chi connectivity index (χ4v) is 2.90. The molecule has 0 bridgehead atoms. The molecule has 1 aromatic carbocycles. The van der Waals surface area contributed by atoms with Crippen molar-refractivity contribution in [3.63, 3.8) is 0 Å². The summed E-state index contributed by atoms with van der Waals surface area (Å²) in [5.74, 6) is 3.64. The van der Waals surface area contributed by atoms with Gasteiger partial charge in [0.2, 0.25) is 0 Å². The van der Waals surface area contributed by atoms with Gasteiger partial charge in [-0.05, 0) is 42.5 Å². The van der Waals surface area contributed by atoms with E-state index >= 15 is 0 Å². The molecule has 0 amide bonds. The quantitative estimate of drug-likeness (QED) is 0.772. The minimum absolute atomic E-state index is 0.243. The molecular weight excluding hydrogens is 236 g/mol. The number of hydrogen-bond donors (Lipinski definition) is 0. The molecule has 0 aliphatic carbocycles. The summed E-state index contributed by atoms with van der Waals surface area (Å²) < 4.78 is 11.2. The first-order valence-corrected chi connectivity index (χ1v) is 6.86. The summed E-state index contributed by atoms with van der Waals surface area (Å²) in [5, 5.41) is 0. The van der Waals surface area contributed by atoms with Crippen molar-refractivity contribution in [1.82, 2.24) is 0 Å². The first kappa shape index (κ1) is 12.3. The van der Waals surface area contributed by atoms with Crippen LogP contribution in [0.1, 0.15) is 23.2 Å². The summed E-state index contributed by atoms with van der Waals surface area (Å²) in [6.45, 7) is 0. The molecule has 1 fully saturated rings. The van der Waals surface area contributed by atoms with Crippen molar-refractivity contribution in [2.24, 2.45) is 0 Å². The van der Waals surface area contributed by atoms with Crippen LogP contribution in [0.3, 0.4) is 0 Å². The van der Waals surface area contributed by atoms with Gasteiger partial charge in [0, 0.05) is 5.56 Å². The van der Waals surface area contributed by atoms with Crippen LogP contribution in [0.2, 0.25) is 0 Å². The Labute approximate surface area is 105 Å². The molecule has 0 unspecified atom stereocenters. The summed E-state index contributed by atoms with van der Waals surface area (Å²) in [5.41, 5.74) is 0.617. The van der Waals surface area contributed by atoms with Gasteiger partial charge < -0.3 is 9.47 Å². The van der Waals surface area contributed by atoms with Gasteiger partial charge in [-0.15, -0.1) is 0 Å². The molecule has 0 spiro atoms. The lowest BCUT2D eigenvalue weighted by atomic mass is 10.2. The number of thioether (sulfide) groups is 1. The predicted octanol–water partition coefficient (Wildman–Crippen LogP) is 2.78. The van der Waals surface area contributed by atoms with Crippen molar-refractivity contribution in [3.05, 3.63) is 23.8 Å². The number of carbonyl (C=O) groups is 1. The van der Waals surface area contributed by atoms with E-state index in [9.17, 15) is 4.79 Å². The second-order valence-corrected chi connectivity index (χ2v) is 5.18. The van der Waals surface area contributed by atoms with Gasteiger partial charge in [0.05, 0.1) is 7.11 Å². The Hall–Kier alpha value is -1.16. The van der Waals surface area contributed by atoms with Crippen LogP contribution in [0.4, 0.5) is 0 Å². The van der Waals surface area contributed by atoms with Crippen LogP contribution in [0, 0.1) is 0 Å².